The molecule has 7 heteroatoms. The van der Waals surface area contributed by atoms with E-state index in [0.717, 1.165) is 32.0 Å². The van der Waals surface area contributed by atoms with Crippen molar-refractivity contribution in [1.29, 1.82) is 0 Å². The third kappa shape index (κ3) is 2.80. The molecule has 0 aromatic carbocycles. The lowest BCUT2D eigenvalue weighted by molar-refractivity contribution is -0.120. The Morgan fingerprint density at radius 3 is 3.18 bits per heavy atom. The van der Waals surface area contributed by atoms with E-state index in [1.54, 1.807) is 6.33 Å². The van der Waals surface area contributed by atoms with E-state index in [1.807, 2.05) is 11.5 Å². The highest BCUT2D eigenvalue weighted by Gasteiger charge is 2.22. The third-order valence-electron chi connectivity index (χ3n) is 2.95. The fourth-order valence-corrected chi connectivity index (χ4v) is 2.03. The lowest BCUT2D eigenvalue weighted by atomic mass is 10.2. The average molecular weight is 238 g/mol. The molecule has 2 rings (SSSR count). The van der Waals surface area contributed by atoms with Gasteiger partial charge in [0.1, 0.15) is 12.2 Å². The van der Waals surface area contributed by atoms with Crippen molar-refractivity contribution in [3.8, 4) is 0 Å². The molecule has 0 fully saturated rings. The van der Waals surface area contributed by atoms with Gasteiger partial charge >= 0.3 is 0 Å². The second kappa shape index (κ2) is 5.24. The minimum Gasteiger partial charge on any atom is -0.368 e. The molecule has 1 amide bonds. The highest BCUT2D eigenvalue weighted by atomic mass is 16.1. The van der Waals surface area contributed by atoms with Crippen LogP contribution in [0.3, 0.4) is 0 Å². The first-order chi connectivity index (χ1) is 8.20. The van der Waals surface area contributed by atoms with E-state index in [4.69, 9.17) is 5.73 Å². The maximum Gasteiger partial charge on any atom is 0.235 e. The van der Waals surface area contributed by atoms with Crippen LogP contribution in [0.1, 0.15) is 12.7 Å². The lowest BCUT2D eigenvalue weighted by Crippen LogP contribution is -2.50. The first kappa shape index (κ1) is 12.0. The summed E-state index contributed by atoms with van der Waals surface area (Å²) in [6, 6.07) is -0.297. The molecule has 0 aliphatic carbocycles. The van der Waals surface area contributed by atoms with Gasteiger partial charge in [-0.15, -0.1) is 10.2 Å². The fraction of sp³-hybridized carbons (Fsp3) is 0.700. The Bertz CT molecular complexity index is 390. The number of primary amides is 1. The zero-order valence-electron chi connectivity index (χ0n) is 9.96. The van der Waals surface area contributed by atoms with E-state index >= 15 is 0 Å². The number of hydrogen-bond acceptors (Lipinski definition) is 5. The molecule has 94 valence electrons. The normalized spacial score (nSPS) is 17.7. The Labute approximate surface area is 100.0 Å². The van der Waals surface area contributed by atoms with Crippen LogP contribution < -0.4 is 11.1 Å². The maximum atomic E-state index is 11.3. The second-order valence-electron chi connectivity index (χ2n) is 4.19. The fourth-order valence-electron chi connectivity index (χ4n) is 2.03. The monoisotopic (exact) mass is 238 g/mol. The predicted octanol–water partition coefficient (Wildman–Crippen LogP) is -1.44. The Hall–Kier alpha value is -1.47. The minimum atomic E-state index is -0.307. The summed E-state index contributed by atoms with van der Waals surface area (Å²) < 4.78 is 2.03. The number of carbonyl (C=O) groups is 1. The van der Waals surface area contributed by atoms with Crippen LogP contribution in [0.4, 0.5) is 0 Å². The van der Waals surface area contributed by atoms with Crippen LogP contribution in [0.2, 0.25) is 0 Å². The molecule has 17 heavy (non-hydrogen) atoms. The van der Waals surface area contributed by atoms with Crippen molar-refractivity contribution in [2.45, 2.75) is 26.1 Å². The van der Waals surface area contributed by atoms with Gasteiger partial charge in [0, 0.05) is 19.6 Å². The van der Waals surface area contributed by atoms with E-state index in [0.29, 0.717) is 6.54 Å². The molecule has 7 nitrogen and oxygen atoms in total. The van der Waals surface area contributed by atoms with Gasteiger partial charge in [-0.2, -0.15) is 0 Å². The number of aromatic nitrogens is 3. The van der Waals surface area contributed by atoms with E-state index in [2.05, 4.69) is 20.4 Å². The first-order valence-electron chi connectivity index (χ1n) is 5.82. The van der Waals surface area contributed by atoms with E-state index in [-0.39, 0.29) is 11.9 Å². The zero-order chi connectivity index (χ0) is 12.3. The molecule has 0 saturated carbocycles. The van der Waals surface area contributed by atoms with Gasteiger partial charge in [-0.25, -0.2) is 0 Å². The SMILES string of the molecule is CCNC(CN1CCn2cnnc2C1)C(N)=O. The number of nitrogens with zero attached hydrogens (tertiary/aromatic N) is 4. The largest absolute Gasteiger partial charge is 0.368 e. The summed E-state index contributed by atoms with van der Waals surface area (Å²) in [5, 5.41) is 11.0. The summed E-state index contributed by atoms with van der Waals surface area (Å²) in [5.41, 5.74) is 5.35. The van der Waals surface area contributed by atoms with Gasteiger partial charge in [-0.05, 0) is 6.54 Å². The lowest BCUT2D eigenvalue weighted by Gasteiger charge is -2.29. The standard InChI is InChI=1S/C10H18N6O/c1-2-12-8(10(11)17)5-15-3-4-16-7-13-14-9(16)6-15/h7-8,12H,2-6H2,1H3,(H2,11,17). The number of fused-ring (bicyclic) bond motifs is 1. The molecule has 3 N–H and O–H groups in total. The molecule has 0 bridgehead atoms. The third-order valence-corrected chi connectivity index (χ3v) is 2.95. The van der Waals surface area contributed by atoms with Crippen LogP contribution in [-0.2, 0) is 17.9 Å². The van der Waals surface area contributed by atoms with Crippen molar-refractivity contribution in [1.82, 2.24) is 25.0 Å². The molecule has 1 aromatic heterocycles. The molecule has 1 atom stereocenters. The van der Waals surface area contributed by atoms with Crippen LogP contribution >= 0.6 is 0 Å². The van der Waals surface area contributed by atoms with Crippen LogP contribution in [0.15, 0.2) is 6.33 Å². The van der Waals surface area contributed by atoms with Crippen molar-refractivity contribution >= 4 is 5.91 Å². The summed E-state index contributed by atoms with van der Waals surface area (Å²) in [6.07, 6.45) is 1.74. The molecule has 1 unspecified atom stereocenters. The van der Waals surface area contributed by atoms with Gasteiger partial charge in [0.05, 0.1) is 12.6 Å². The van der Waals surface area contributed by atoms with Crippen molar-refractivity contribution in [3.05, 3.63) is 12.2 Å². The number of likely N-dealkylation sites (N-methyl/N-ethyl adjacent to an activating group) is 1. The predicted molar refractivity (Wildman–Crippen MR) is 62.0 cm³/mol. The summed E-state index contributed by atoms with van der Waals surface area (Å²) in [4.78, 5) is 13.4. The second-order valence-corrected chi connectivity index (χ2v) is 4.19. The van der Waals surface area contributed by atoms with Gasteiger partial charge in [0.25, 0.3) is 0 Å². The number of rotatable bonds is 5. The van der Waals surface area contributed by atoms with E-state index in [9.17, 15) is 4.79 Å². The van der Waals surface area contributed by atoms with Gasteiger partial charge < -0.3 is 15.6 Å². The highest BCUT2D eigenvalue weighted by Crippen LogP contribution is 2.09. The van der Waals surface area contributed by atoms with Crippen molar-refractivity contribution in [3.63, 3.8) is 0 Å². The Morgan fingerprint density at radius 1 is 1.65 bits per heavy atom. The van der Waals surface area contributed by atoms with Crippen LogP contribution in [-0.4, -0.2) is 51.2 Å². The summed E-state index contributed by atoms with van der Waals surface area (Å²) in [6.45, 7) is 5.78. The Morgan fingerprint density at radius 2 is 2.47 bits per heavy atom. The Kier molecular flexibility index (Phi) is 3.70. The number of carbonyl (C=O) groups excluding carboxylic acids is 1. The van der Waals surface area contributed by atoms with Crippen molar-refractivity contribution < 1.29 is 4.79 Å². The quantitative estimate of drug-likeness (QED) is 0.655. The smallest absolute Gasteiger partial charge is 0.235 e. The van der Waals surface area contributed by atoms with Crippen LogP contribution in [0.5, 0.6) is 0 Å². The summed E-state index contributed by atoms with van der Waals surface area (Å²) in [7, 11) is 0. The minimum absolute atomic E-state index is 0.297. The summed E-state index contributed by atoms with van der Waals surface area (Å²) in [5.74, 6) is 0.634. The van der Waals surface area contributed by atoms with Gasteiger partial charge in [-0.3, -0.25) is 9.69 Å². The molecule has 1 aliphatic heterocycles. The highest BCUT2D eigenvalue weighted by molar-refractivity contribution is 5.80. The number of amides is 1. The van der Waals surface area contributed by atoms with E-state index < -0.39 is 0 Å². The molecule has 2 heterocycles. The molecule has 0 radical (unpaired) electrons. The summed E-state index contributed by atoms with van der Waals surface area (Å²) >= 11 is 0. The Balaban J connectivity index is 1.94. The molecule has 0 spiro atoms. The van der Waals surface area contributed by atoms with Crippen molar-refractivity contribution in [2.75, 3.05) is 19.6 Å². The topological polar surface area (TPSA) is 89.1 Å². The maximum absolute atomic E-state index is 11.3. The molecule has 1 aliphatic rings. The van der Waals surface area contributed by atoms with Crippen LogP contribution in [0.25, 0.3) is 0 Å². The molecular formula is C10H18N6O. The van der Waals surface area contributed by atoms with E-state index in [1.165, 1.54) is 0 Å². The molecule has 1 aromatic rings. The van der Waals surface area contributed by atoms with Crippen molar-refractivity contribution in [2.24, 2.45) is 5.73 Å². The average Bonchev–Trinajstić information content (AvgIpc) is 2.75. The number of nitrogens with two attached hydrogens (primary N) is 1. The van der Waals surface area contributed by atoms with Crippen LogP contribution in [0, 0.1) is 0 Å². The van der Waals surface area contributed by atoms with Gasteiger partial charge in [0.15, 0.2) is 0 Å². The molecular weight excluding hydrogens is 220 g/mol. The van der Waals surface area contributed by atoms with Gasteiger partial charge in [0.2, 0.25) is 5.91 Å². The first-order valence-corrected chi connectivity index (χ1v) is 5.82. The molecule has 0 saturated heterocycles. The van der Waals surface area contributed by atoms with Gasteiger partial charge in [-0.1, -0.05) is 6.92 Å². The number of nitrogens with one attached hydrogen (secondary N) is 1. The number of hydrogen-bond donors (Lipinski definition) is 2. The zero-order valence-corrected chi connectivity index (χ0v) is 9.96.